The lowest BCUT2D eigenvalue weighted by Gasteiger charge is -2.30. The van der Waals surface area contributed by atoms with Gasteiger partial charge < -0.3 is 9.64 Å². The van der Waals surface area contributed by atoms with Crippen LogP contribution in [0.5, 0.6) is 5.75 Å². The van der Waals surface area contributed by atoms with Gasteiger partial charge in [0.05, 0.1) is 12.4 Å². The second-order valence-corrected chi connectivity index (χ2v) is 4.23. The van der Waals surface area contributed by atoms with Crippen LogP contribution < -0.4 is 4.74 Å². The van der Waals surface area contributed by atoms with Gasteiger partial charge in [0.1, 0.15) is 6.10 Å². The zero-order valence-electron chi connectivity index (χ0n) is 9.10. The molecule has 5 nitrogen and oxygen atoms in total. The van der Waals surface area contributed by atoms with E-state index in [0.29, 0.717) is 13.1 Å². The molecule has 2 heterocycles. The van der Waals surface area contributed by atoms with E-state index in [1.165, 1.54) is 0 Å². The van der Waals surface area contributed by atoms with Gasteiger partial charge in [0.2, 0.25) is 0 Å². The third-order valence-electron chi connectivity index (χ3n) is 2.67. The minimum absolute atomic E-state index is 0.150. The number of carbonyl (C=O) groups is 1. The average molecular weight is 244 g/mol. The Balaban J connectivity index is 1.83. The summed E-state index contributed by atoms with van der Waals surface area (Å²) in [7, 11) is 1.85. The zero-order valence-corrected chi connectivity index (χ0v) is 9.85. The number of nitrogens with zero attached hydrogens (tertiary/aromatic N) is 3. The average Bonchev–Trinajstić information content (AvgIpc) is 2.65. The summed E-state index contributed by atoms with van der Waals surface area (Å²) in [5, 5.41) is 3.66. The molecule has 88 valence electrons. The van der Waals surface area contributed by atoms with Gasteiger partial charge >= 0.3 is 5.37 Å². The van der Waals surface area contributed by atoms with E-state index in [4.69, 9.17) is 16.3 Å². The molecule has 1 amide bonds. The molecule has 1 saturated heterocycles. The van der Waals surface area contributed by atoms with Crippen molar-refractivity contribution >= 4 is 17.0 Å². The number of carbonyl (C=O) groups excluding carboxylic acids is 1. The number of likely N-dealkylation sites (tertiary alicyclic amines) is 1. The van der Waals surface area contributed by atoms with E-state index in [2.05, 4.69) is 5.10 Å². The van der Waals surface area contributed by atoms with Crippen molar-refractivity contribution in [2.45, 2.75) is 18.9 Å². The van der Waals surface area contributed by atoms with E-state index in [1.807, 2.05) is 13.2 Å². The summed E-state index contributed by atoms with van der Waals surface area (Å²) in [6.45, 7) is 1.32. The van der Waals surface area contributed by atoms with Crippen LogP contribution in [0.4, 0.5) is 4.79 Å². The van der Waals surface area contributed by atoms with Crippen molar-refractivity contribution in [3.8, 4) is 5.75 Å². The van der Waals surface area contributed by atoms with Crippen LogP contribution in [-0.4, -0.2) is 39.2 Å². The van der Waals surface area contributed by atoms with Crippen LogP contribution in [-0.2, 0) is 7.05 Å². The second kappa shape index (κ2) is 4.74. The quantitative estimate of drug-likeness (QED) is 0.586. The van der Waals surface area contributed by atoms with E-state index in [0.717, 1.165) is 18.6 Å². The molecule has 0 atom stereocenters. The highest BCUT2D eigenvalue weighted by molar-refractivity contribution is 6.62. The number of amides is 1. The zero-order chi connectivity index (χ0) is 11.5. The van der Waals surface area contributed by atoms with E-state index >= 15 is 0 Å². The predicted molar refractivity (Wildman–Crippen MR) is 59.7 cm³/mol. The fraction of sp³-hybridized carbons (Fsp3) is 0.600. The standard InChI is InChI=1S/C10H14ClN3O2/c1-13-7-9(6-12-13)16-8-2-4-14(5-3-8)10(11)15/h6-8H,2-5H2,1H3. The third kappa shape index (κ3) is 2.66. The molecule has 1 aliphatic heterocycles. The number of halogens is 1. The number of hydrogen-bond acceptors (Lipinski definition) is 3. The second-order valence-electron chi connectivity index (χ2n) is 3.91. The van der Waals surface area contributed by atoms with Gasteiger partial charge in [-0.05, 0) is 11.6 Å². The van der Waals surface area contributed by atoms with Gasteiger partial charge in [-0.15, -0.1) is 0 Å². The Morgan fingerprint density at radius 3 is 2.75 bits per heavy atom. The molecule has 0 saturated carbocycles. The van der Waals surface area contributed by atoms with Crippen molar-refractivity contribution in [1.29, 1.82) is 0 Å². The molecule has 16 heavy (non-hydrogen) atoms. The first kappa shape index (κ1) is 11.3. The topological polar surface area (TPSA) is 47.4 Å². The van der Waals surface area contributed by atoms with Crippen molar-refractivity contribution in [3.63, 3.8) is 0 Å². The molecule has 0 N–H and O–H groups in total. The smallest absolute Gasteiger partial charge is 0.316 e. The lowest BCUT2D eigenvalue weighted by atomic mass is 10.1. The molecule has 6 heteroatoms. The Morgan fingerprint density at radius 2 is 2.25 bits per heavy atom. The van der Waals surface area contributed by atoms with E-state index in [1.54, 1.807) is 15.8 Å². The van der Waals surface area contributed by atoms with Gasteiger partial charge in [-0.3, -0.25) is 9.48 Å². The summed E-state index contributed by atoms with van der Waals surface area (Å²) < 4.78 is 7.44. The third-order valence-corrected chi connectivity index (χ3v) is 2.91. The van der Waals surface area contributed by atoms with E-state index < -0.39 is 0 Å². The lowest BCUT2D eigenvalue weighted by Crippen LogP contribution is -2.39. The van der Waals surface area contributed by atoms with E-state index in [-0.39, 0.29) is 11.5 Å². The molecule has 0 radical (unpaired) electrons. The maximum absolute atomic E-state index is 10.9. The molecule has 1 fully saturated rings. The largest absolute Gasteiger partial charge is 0.487 e. The normalized spacial score (nSPS) is 17.5. The van der Waals surface area contributed by atoms with Gasteiger partial charge in [0, 0.05) is 33.0 Å². The minimum Gasteiger partial charge on any atom is -0.487 e. The van der Waals surface area contributed by atoms with Crippen molar-refractivity contribution in [2.75, 3.05) is 13.1 Å². The van der Waals surface area contributed by atoms with Crippen LogP contribution in [0.3, 0.4) is 0 Å². The van der Waals surface area contributed by atoms with Gasteiger partial charge in [0.15, 0.2) is 5.75 Å². The SMILES string of the molecule is Cn1cc(OC2CCN(C(=O)Cl)CC2)cn1. The van der Waals surface area contributed by atoms with Crippen LogP contribution in [0, 0.1) is 0 Å². The molecule has 0 aromatic carbocycles. The molecular formula is C10H14ClN3O2. The van der Waals surface area contributed by atoms with Crippen LogP contribution in [0.25, 0.3) is 0 Å². The number of piperidine rings is 1. The molecule has 2 rings (SSSR count). The Morgan fingerprint density at radius 1 is 1.56 bits per heavy atom. The first-order chi connectivity index (χ1) is 7.65. The van der Waals surface area contributed by atoms with E-state index in [9.17, 15) is 4.79 Å². The van der Waals surface area contributed by atoms with Crippen molar-refractivity contribution in [2.24, 2.45) is 7.05 Å². The van der Waals surface area contributed by atoms with Crippen LogP contribution in [0.15, 0.2) is 12.4 Å². The monoisotopic (exact) mass is 243 g/mol. The molecular weight excluding hydrogens is 230 g/mol. The fourth-order valence-corrected chi connectivity index (χ4v) is 1.97. The maximum Gasteiger partial charge on any atom is 0.316 e. The highest BCUT2D eigenvalue weighted by Gasteiger charge is 2.22. The summed E-state index contributed by atoms with van der Waals surface area (Å²) in [5.41, 5.74) is 0. The Labute approximate surface area is 98.9 Å². The molecule has 0 unspecified atom stereocenters. The van der Waals surface area contributed by atoms with Crippen LogP contribution in [0.2, 0.25) is 0 Å². The summed E-state index contributed by atoms with van der Waals surface area (Å²) in [6.07, 6.45) is 5.30. The molecule has 0 bridgehead atoms. The van der Waals surface area contributed by atoms with Crippen molar-refractivity contribution < 1.29 is 9.53 Å². The highest BCUT2D eigenvalue weighted by atomic mass is 35.5. The molecule has 1 aliphatic rings. The summed E-state index contributed by atoms with van der Waals surface area (Å²) in [6, 6.07) is 0. The first-order valence-electron chi connectivity index (χ1n) is 5.25. The Bertz CT molecular complexity index is 372. The van der Waals surface area contributed by atoms with Gasteiger partial charge in [-0.2, -0.15) is 5.10 Å². The number of rotatable bonds is 2. The Hall–Kier alpha value is -1.23. The summed E-state index contributed by atoms with van der Waals surface area (Å²) in [5.74, 6) is 0.776. The summed E-state index contributed by atoms with van der Waals surface area (Å²) in [4.78, 5) is 12.5. The lowest BCUT2D eigenvalue weighted by molar-refractivity contribution is 0.118. The molecule has 1 aromatic rings. The molecule has 0 aliphatic carbocycles. The number of ether oxygens (including phenoxy) is 1. The summed E-state index contributed by atoms with van der Waals surface area (Å²) >= 11 is 5.40. The van der Waals surface area contributed by atoms with Gasteiger partial charge in [0.25, 0.3) is 0 Å². The predicted octanol–water partition coefficient (Wildman–Crippen LogP) is 1.62. The first-order valence-corrected chi connectivity index (χ1v) is 5.62. The maximum atomic E-state index is 10.9. The Kier molecular flexibility index (Phi) is 3.33. The van der Waals surface area contributed by atoms with Crippen molar-refractivity contribution in [1.82, 2.24) is 14.7 Å². The number of hydrogen-bond donors (Lipinski definition) is 0. The number of aryl methyl sites for hydroxylation is 1. The molecule has 1 aromatic heterocycles. The highest BCUT2D eigenvalue weighted by Crippen LogP contribution is 2.18. The minimum atomic E-state index is -0.375. The number of aromatic nitrogens is 2. The molecule has 0 spiro atoms. The van der Waals surface area contributed by atoms with Gasteiger partial charge in [-0.1, -0.05) is 0 Å². The van der Waals surface area contributed by atoms with Crippen LogP contribution in [0.1, 0.15) is 12.8 Å². The van der Waals surface area contributed by atoms with Gasteiger partial charge in [-0.25, -0.2) is 0 Å². The fourth-order valence-electron chi connectivity index (χ4n) is 1.80. The van der Waals surface area contributed by atoms with Crippen LogP contribution >= 0.6 is 11.6 Å². The van der Waals surface area contributed by atoms with Crippen molar-refractivity contribution in [3.05, 3.63) is 12.4 Å².